The van der Waals surface area contributed by atoms with E-state index >= 15 is 0 Å². The summed E-state index contributed by atoms with van der Waals surface area (Å²) in [5.74, 6) is 0.969. The topological polar surface area (TPSA) is 46.8 Å². The number of aryl methyl sites for hydroxylation is 1. The summed E-state index contributed by atoms with van der Waals surface area (Å²) in [5.41, 5.74) is 2.23. The Balaban J connectivity index is 2.06. The van der Waals surface area contributed by atoms with Gasteiger partial charge < -0.3 is 0 Å². The Bertz CT molecular complexity index is 593. The fourth-order valence-corrected chi connectivity index (χ4v) is 3.34. The standard InChI is InChI=1S/C16H23N5/c1-13-7-9-14(10-8-13)21-15(17-18-19-21)16(20(2)3)11-5-4-6-12-16/h7-10H,4-6,11-12H2,1-3H3. The molecule has 0 spiro atoms. The molecule has 1 aromatic heterocycles. The third-order valence-corrected chi connectivity index (χ3v) is 4.70. The van der Waals surface area contributed by atoms with Crippen molar-refractivity contribution in [2.24, 2.45) is 0 Å². The molecular formula is C16H23N5. The van der Waals surface area contributed by atoms with E-state index in [1.807, 2.05) is 4.68 Å². The lowest BCUT2D eigenvalue weighted by Crippen LogP contribution is -2.45. The Morgan fingerprint density at radius 3 is 2.33 bits per heavy atom. The summed E-state index contributed by atoms with van der Waals surface area (Å²) in [4.78, 5) is 2.29. The molecular weight excluding hydrogens is 262 g/mol. The van der Waals surface area contributed by atoms with Crippen molar-refractivity contribution in [2.45, 2.75) is 44.6 Å². The molecule has 21 heavy (non-hydrogen) atoms. The highest BCUT2D eigenvalue weighted by Gasteiger charge is 2.41. The van der Waals surface area contributed by atoms with Crippen molar-refractivity contribution in [3.63, 3.8) is 0 Å². The molecule has 5 heteroatoms. The molecule has 0 bridgehead atoms. The van der Waals surface area contributed by atoms with Crippen LogP contribution in [0.2, 0.25) is 0 Å². The lowest BCUT2D eigenvalue weighted by Gasteiger charge is -2.41. The van der Waals surface area contributed by atoms with Gasteiger partial charge in [0.25, 0.3) is 0 Å². The van der Waals surface area contributed by atoms with Gasteiger partial charge in [0.1, 0.15) is 0 Å². The molecule has 112 valence electrons. The first kappa shape index (κ1) is 14.2. The highest BCUT2D eigenvalue weighted by molar-refractivity contribution is 5.34. The summed E-state index contributed by atoms with van der Waals surface area (Å²) in [6, 6.07) is 8.37. The number of benzene rings is 1. The van der Waals surface area contributed by atoms with Gasteiger partial charge in [0.05, 0.1) is 11.2 Å². The lowest BCUT2D eigenvalue weighted by atomic mass is 9.80. The number of tetrazole rings is 1. The molecule has 0 N–H and O–H groups in total. The van der Waals surface area contributed by atoms with Crippen molar-refractivity contribution in [1.29, 1.82) is 0 Å². The van der Waals surface area contributed by atoms with Crippen LogP contribution in [-0.2, 0) is 5.54 Å². The monoisotopic (exact) mass is 285 g/mol. The molecule has 1 aliphatic rings. The van der Waals surface area contributed by atoms with Gasteiger partial charge in [0, 0.05) is 0 Å². The summed E-state index contributed by atoms with van der Waals surface area (Å²) in [6.07, 6.45) is 6.01. The van der Waals surface area contributed by atoms with Gasteiger partial charge in [-0.05, 0) is 56.4 Å². The first-order valence-electron chi connectivity index (χ1n) is 7.67. The molecule has 3 rings (SSSR count). The van der Waals surface area contributed by atoms with Crippen molar-refractivity contribution in [1.82, 2.24) is 25.1 Å². The Morgan fingerprint density at radius 2 is 1.71 bits per heavy atom. The second-order valence-electron chi connectivity index (χ2n) is 6.24. The smallest absolute Gasteiger partial charge is 0.176 e. The Hall–Kier alpha value is -1.75. The van der Waals surface area contributed by atoms with Crippen molar-refractivity contribution in [2.75, 3.05) is 14.1 Å². The zero-order valence-electron chi connectivity index (χ0n) is 13.1. The molecule has 1 heterocycles. The molecule has 0 saturated heterocycles. The zero-order valence-corrected chi connectivity index (χ0v) is 13.1. The van der Waals surface area contributed by atoms with E-state index in [-0.39, 0.29) is 5.54 Å². The molecule has 1 aliphatic carbocycles. The molecule has 2 aromatic rings. The number of hydrogen-bond donors (Lipinski definition) is 0. The van der Waals surface area contributed by atoms with Crippen LogP contribution < -0.4 is 0 Å². The molecule has 0 aliphatic heterocycles. The predicted octanol–water partition coefficient (Wildman–Crippen LogP) is 2.69. The predicted molar refractivity (Wildman–Crippen MR) is 82.3 cm³/mol. The fraction of sp³-hybridized carbons (Fsp3) is 0.562. The third kappa shape index (κ3) is 2.46. The largest absolute Gasteiger partial charge is 0.297 e. The van der Waals surface area contributed by atoms with Crippen LogP contribution in [0, 0.1) is 6.92 Å². The van der Waals surface area contributed by atoms with E-state index in [0.717, 1.165) is 24.4 Å². The third-order valence-electron chi connectivity index (χ3n) is 4.70. The second-order valence-corrected chi connectivity index (χ2v) is 6.24. The van der Waals surface area contributed by atoms with Crippen LogP contribution in [0.1, 0.15) is 43.5 Å². The second kappa shape index (κ2) is 5.56. The van der Waals surface area contributed by atoms with Crippen LogP contribution in [0.3, 0.4) is 0 Å². The Labute approximate surface area is 126 Å². The van der Waals surface area contributed by atoms with E-state index < -0.39 is 0 Å². The zero-order chi connectivity index (χ0) is 14.9. The minimum absolute atomic E-state index is 0.0490. The average Bonchev–Trinajstić information content (AvgIpc) is 2.98. The first-order chi connectivity index (χ1) is 10.1. The minimum atomic E-state index is -0.0490. The summed E-state index contributed by atoms with van der Waals surface area (Å²) < 4.78 is 1.91. The molecule has 0 radical (unpaired) electrons. The first-order valence-corrected chi connectivity index (χ1v) is 7.67. The van der Waals surface area contributed by atoms with Gasteiger partial charge in [-0.25, -0.2) is 0 Å². The van der Waals surface area contributed by atoms with Crippen molar-refractivity contribution in [3.05, 3.63) is 35.7 Å². The molecule has 1 saturated carbocycles. The molecule has 1 fully saturated rings. The van der Waals surface area contributed by atoms with E-state index in [0.29, 0.717) is 0 Å². The van der Waals surface area contributed by atoms with Crippen LogP contribution in [-0.4, -0.2) is 39.2 Å². The van der Waals surface area contributed by atoms with Gasteiger partial charge in [0.15, 0.2) is 5.82 Å². The maximum absolute atomic E-state index is 4.39. The van der Waals surface area contributed by atoms with Crippen LogP contribution >= 0.6 is 0 Å². The van der Waals surface area contributed by atoms with Gasteiger partial charge in [0.2, 0.25) is 0 Å². The van der Waals surface area contributed by atoms with Crippen LogP contribution in [0.4, 0.5) is 0 Å². The van der Waals surface area contributed by atoms with E-state index in [9.17, 15) is 0 Å². The van der Waals surface area contributed by atoms with Gasteiger partial charge in [-0.3, -0.25) is 4.90 Å². The van der Waals surface area contributed by atoms with E-state index in [1.54, 1.807) is 0 Å². The number of rotatable bonds is 3. The van der Waals surface area contributed by atoms with Gasteiger partial charge in [-0.2, -0.15) is 4.68 Å². The Kier molecular flexibility index (Phi) is 3.76. The summed E-state index contributed by atoms with van der Waals surface area (Å²) in [6.45, 7) is 2.09. The number of nitrogens with zero attached hydrogens (tertiary/aromatic N) is 5. The maximum atomic E-state index is 4.39. The fourth-order valence-electron chi connectivity index (χ4n) is 3.34. The van der Waals surface area contributed by atoms with Crippen molar-refractivity contribution < 1.29 is 0 Å². The van der Waals surface area contributed by atoms with E-state index in [2.05, 4.69) is 65.7 Å². The summed E-state index contributed by atoms with van der Waals surface area (Å²) in [5, 5.41) is 12.6. The Morgan fingerprint density at radius 1 is 1.05 bits per heavy atom. The van der Waals surface area contributed by atoms with Crippen molar-refractivity contribution >= 4 is 0 Å². The lowest BCUT2D eigenvalue weighted by molar-refractivity contribution is 0.0865. The van der Waals surface area contributed by atoms with Gasteiger partial charge in [-0.1, -0.05) is 37.0 Å². The molecule has 0 amide bonds. The normalized spacial score (nSPS) is 18.1. The van der Waals surface area contributed by atoms with E-state index in [4.69, 9.17) is 0 Å². The highest BCUT2D eigenvalue weighted by atomic mass is 15.6. The quantitative estimate of drug-likeness (QED) is 0.870. The van der Waals surface area contributed by atoms with Gasteiger partial charge in [-0.15, -0.1) is 5.10 Å². The summed E-state index contributed by atoms with van der Waals surface area (Å²) >= 11 is 0. The molecule has 5 nitrogen and oxygen atoms in total. The molecule has 0 unspecified atom stereocenters. The van der Waals surface area contributed by atoms with E-state index in [1.165, 1.54) is 24.8 Å². The van der Waals surface area contributed by atoms with Crippen LogP contribution in [0.5, 0.6) is 0 Å². The minimum Gasteiger partial charge on any atom is -0.297 e. The van der Waals surface area contributed by atoms with Gasteiger partial charge >= 0.3 is 0 Å². The van der Waals surface area contributed by atoms with Crippen LogP contribution in [0.25, 0.3) is 5.69 Å². The number of hydrogen-bond acceptors (Lipinski definition) is 4. The number of aromatic nitrogens is 4. The molecule has 1 aromatic carbocycles. The summed E-state index contributed by atoms with van der Waals surface area (Å²) in [7, 11) is 4.28. The van der Waals surface area contributed by atoms with Crippen LogP contribution in [0.15, 0.2) is 24.3 Å². The molecule has 0 atom stereocenters. The van der Waals surface area contributed by atoms with Crippen molar-refractivity contribution in [3.8, 4) is 5.69 Å². The SMILES string of the molecule is Cc1ccc(-n2nnnc2C2(N(C)C)CCCCC2)cc1. The average molecular weight is 285 g/mol. The highest BCUT2D eigenvalue weighted by Crippen LogP contribution is 2.40. The maximum Gasteiger partial charge on any atom is 0.176 e.